The normalized spacial score (nSPS) is 44.9. The lowest BCUT2D eigenvalue weighted by Crippen LogP contribution is -2.67. The van der Waals surface area contributed by atoms with Crippen LogP contribution in [0.4, 0.5) is 0 Å². The van der Waals surface area contributed by atoms with Gasteiger partial charge >= 0.3 is 5.97 Å². The van der Waals surface area contributed by atoms with Gasteiger partial charge in [-0.05, 0) is 40.0 Å². The molecule has 5 aliphatic heterocycles. The second-order valence-electron chi connectivity index (χ2n) is 19.5. The van der Waals surface area contributed by atoms with Crippen LogP contribution in [0.5, 0.6) is 0 Å². The van der Waals surface area contributed by atoms with Crippen molar-refractivity contribution in [1.29, 1.82) is 0 Å². The SMILES string of the molecule is CCCCC[C@H](CCCCCCCCCC(=O)O)O[C@@H]1O[C@H](CO)[C@@H](O)[C@H](O)[C@H]1O[C@@H]1O[C@H](C)[C@@H](O[C@H]2O[C@@H](C)[C@H](O[C@H]3O[C@@H](C)[C@H](O)[C@@H](O)[C@@H]3O)[C@@H](O[C@H]3O[C@@H](CO)[C@H](O)[C@@H](O)[C@@H]3O)[C@@H]2O)[C@H](O)[C@H]1O. The number of rotatable bonds is 26. The predicted molar refractivity (Wildman–Crippen MR) is 238 cm³/mol. The van der Waals surface area contributed by atoms with Crippen molar-refractivity contribution in [1.82, 2.24) is 0 Å². The Kier molecular flexibility index (Phi) is 24.3. The molecule has 5 heterocycles. The molecule has 5 rings (SSSR count). The number of aliphatic hydroxyl groups excluding tert-OH is 13. The smallest absolute Gasteiger partial charge is 0.303 e. The zero-order valence-corrected chi connectivity index (χ0v) is 40.9. The molecule has 416 valence electrons. The number of aliphatic hydroxyl groups is 13. The van der Waals surface area contributed by atoms with Gasteiger partial charge in [0.05, 0.1) is 37.6 Å². The highest BCUT2D eigenvalue weighted by atomic mass is 16.8. The van der Waals surface area contributed by atoms with Crippen molar-refractivity contribution in [2.45, 2.75) is 271 Å². The molecule has 25 nitrogen and oxygen atoms in total. The maximum absolute atomic E-state index is 11.9. The summed E-state index contributed by atoms with van der Waals surface area (Å²) in [5.41, 5.74) is 0. The number of aliphatic carboxylic acids is 1. The molecule has 25 heteroatoms. The molecule has 5 aliphatic rings. The molecule has 0 aromatic carbocycles. The van der Waals surface area contributed by atoms with E-state index in [-0.39, 0.29) is 6.42 Å². The first kappa shape index (κ1) is 60.4. The Balaban J connectivity index is 1.28. The van der Waals surface area contributed by atoms with E-state index in [9.17, 15) is 71.2 Å². The summed E-state index contributed by atoms with van der Waals surface area (Å²) in [6, 6.07) is 0. The van der Waals surface area contributed by atoms with Gasteiger partial charge < -0.3 is 119 Å². The van der Waals surface area contributed by atoms with Crippen LogP contribution in [0.2, 0.25) is 0 Å². The van der Waals surface area contributed by atoms with Gasteiger partial charge in [-0.25, -0.2) is 0 Å². The molecule has 5 saturated heterocycles. The fraction of sp³-hybridized carbons (Fsp3) is 0.978. The van der Waals surface area contributed by atoms with E-state index >= 15 is 0 Å². The Bertz CT molecular complexity index is 1540. The van der Waals surface area contributed by atoms with Crippen LogP contribution in [-0.4, -0.2) is 250 Å². The van der Waals surface area contributed by atoms with Gasteiger partial charge in [-0.15, -0.1) is 0 Å². The number of ether oxygens (including phenoxy) is 10. The van der Waals surface area contributed by atoms with Crippen LogP contribution in [0.1, 0.15) is 111 Å². The Morgan fingerprint density at radius 3 is 1.41 bits per heavy atom. The van der Waals surface area contributed by atoms with Crippen LogP contribution in [0.25, 0.3) is 0 Å². The first-order valence-electron chi connectivity index (χ1n) is 25.2. The fourth-order valence-corrected chi connectivity index (χ4v) is 9.61. The number of hydrogen-bond donors (Lipinski definition) is 14. The van der Waals surface area contributed by atoms with Gasteiger partial charge in [0.15, 0.2) is 31.5 Å². The van der Waals surface area contributed by atoms with Gasteiger partial charge in [-0.2, -0.15) is 0 Å². The Morgan fingerprint density at radius 1 is 0.423 bits per heavy atom. The highest BCUT2D eigenvalue weighted by Gasteiger charge is 2.56. The summed E-state index contributed by atoms with van der Waals surface area (Å²) in [5, 5.41) is 149. The predicted octanol–water partition coefficient (Wildman–Crippen LogP) is -3.27. The third-order valence-corrected chi connectivity index (χ3v) is 14.0. The molecule has 0 aromatic heterocycles. The summed E-state index contributed by atoms with van der Waals surface area (Å²) < 4.78 is 59.8. The molecule has 0 bridgehead atoms. The van der Waals surface area contributed by atoms with Crippen LogP contribution in [0.15, 0.2) is 0 Å². The van der Waals surface area contributed by atoms with Crippen molar-refractivity contribution in [3.05, 3.63) is 0 Å². The Labute approximate surface area is 413 Å². The lowest BCUT2D eigenvalue weighted by molar-refractivity contribution is -0.400. The lowest BCUT2D eigenvalue weighted by atomic mass is 9.95. The molecule has 14 N–H and O–H groups in total. The van der Waals surface area contributed by atoms with Gasteiger partial charge in [0, 0.05) is 6.42 Å². The van der Waals surface area contributed by atoms with Crippen LogP contribution in [0.3, 0.4) is 0 Å². The van der Waals surface area contributed by atoms with E-state index in [0.717, 1.165) is 57.8 Å². The number of carbonyl (C=O) groups is 1. The summed E-state index contributed by atoms with van der Waals surface area (Å²) in [5.74, 6) is -0.807. The van der Waals surface area contributed by atoms with E-state index in [0.29, 0.717) is 19.3 Å². The van der Waals surface area contributed by atoms with E-state index in [2.05, 4.69) is 6.92 Å². The van der Waals surface area contributed by atoms with Crippen molar-refractivity contribution >= 4 is 5.97 Å². The van der Waals surface area contributed by atoms with Gasteiger partial charge in [0.2, 0.25) is 0 Å². The Hall–Kier alpha value is -1.45. The average molecular weight is 1040 g/mol. The minimum atomic E-state index is -1.98. The molecule has 5 fully saturated rings. The summed E-state index contributed by atoms with van der Waals surface area (Å²) in [7, 11) is 0. The highest BCUT2D eigenvalue weighted by molar-refractivity contribution is 5.66. The molecule has 0 radical (unpaired) electrons. The molecule has 0 unspecified atom stereocenters. The number of carboxylic acid groups (broad SMARTS) is 1. The van der Waals surface area contributed by atoms with Crippen LogP contribution in [0, 0.1) is 0 Å². The molecule has 0 spiro atoms. The van der Waals surface area contributed by atoms with E-state index in [1.165, 1.54) is 20.8 Å². The molecule has 0 amide bonds. The first-order valence-corrected chi connectivity index (χ1v) is 25.2. The van der Waals surface area contributed by atoms with Crippen LogP contribution >= 0.6 is 0 Å². The van der Waals surface area contributed by atoms with Crippen molar-refractivity contribution in [3.63, 3.8) is 0 Å². The molecule has 0 saturated carbocycles. The van der Waals surface area contributed by atoms with Crippen molar-refractivity contribution < 1.29 is 124 Å². The van der Waals surface area contributed by atoms with E-state index < -0.39 is 179 Å². The number of carboxylic acids is 1. The molecule has 26 atom stereocenters. The minimum Gasteiger partial charge on any atom is -0.481 e. The topological polar surface area (TPSA) is 393 Å². The first-order chi connectivity index (χ1) is 33.7. The number of hydrogen-bond acceptors (Lipinski definition) is 24. The van der Waals surface area contributed by atoms with Crippen molar-refractivity contribution in [2.24, 2.45) is 0 Å². The highest BCUT2D eigenvalue weighted by Crippen LogP contribution is 2.37. The molecular formula is C46H82O25. The van der Waals surface area contributed by atoms with Crippen LogP contribution < -0.4 is 0 Å². The average Bonchev–Trinajstić information content (AvgIpc) is 3.34. The summed E-state index contributed by atoms with van der Waals surface area (Å²) in [6.07, 6.45) is -31.0. The van der Waals surface area contributed by atoms with Gasteiger partial charge in [0.1, 0.15) is 104 Å². The van der Waals surface area contributed by atoms with Crippen LogP contribution in [-0.2, 0) is 52.2 Å². The summed E-state index contributed by atoms with van der Waals surface area (Å²) in [4.78, 5) is 10.8. The van der Waals surface area contributed by atoms with Gasteiger partial charge in [0.25, 0.3) is 0 Å². The standard InChI is InChI=1S/C46H82O25/c1-5-6-12-15-23(16-13-10-8-7-9-11-14-17-26(49)50)65-46-41(32(56)29(53)25(19-48)67-46)71-43-36(60)33(57)38(21(3)63-43)68-45-37(61)40(70-44-35(59)31(55)28(52)24(18-47)66-44)39(22(4)64-45)69-42-34(58)30(54)27(51)20(2)62-42/h20-25,27-48,51-61H,5-19H2,1-4H3,(H,49,50)/t20-,21+,22-,23+,24-,25+,27-,28-,29+,30+,31+,32-,33+,34-,35-,36+,37-,38+,39-,40-,41+,42+,43-,44+,45+,46+/m0/s1. The maximum Gasteiger partial charge on any atom is 0.303 e. The van der Waals surface area contributed by atoms with Gasteiger partial charge in [-0.1, -0.05) is 64.7 Å². The minimum absolute atomic E-state index is 0.150. The molecular weight excluding hydrogens is 952 g/mol. The fourth-order valence-electron chi connectivity index (χ4n) is 9.61. The second kappa shape index (κ2) is 28.6. The summed E-state index contributed by atoms with van der Waals surface area (Å²) >= 11 is 0. The lowest BCUT2D eigenvalue weighted by Gasteiger charge is -2.50. The van der Waals surface area contributed by atoms with Crippen molar-refractivity contribution in [2.75, 3.05) is 13.2 Å². The Morgan fingerprint density at radius 2 is 0.831 bits per heavy atom. The number of unbranched alkanes of at least 4 members (excludes halogenated alkanes) is 8. The second-order valence-corrected chi connectivity index (χ2v) is 19.5. The monoisotopic (exact) mass is 1030 g/mol. The maximum atomic E-state index is 11.9. The zero-order chi connectivity index (χ0) is 52.3. The third-order valence-electron chi connectivity index (χ3n) is 14.0. The van der Waals surface area contributed by atoms with E-state index in [4.69, 9.17) is 52.5 Å². The molecule has 0 aliphatic carbocycles. The molecule has 71 heavy (non-hydrogen) atoms. The van der Waals surface area contributed by atoms with E-state index in [1.54, 1.807) is 0 Å². The summed E-state index contributed by atoms with van der Waals surface area (Å²) in [6.45, 7) is 4.83. The quantitative estimate of drug-likeness (QED) is 0.0378. The largest absolute Gasteiger partial charge is 0.481 e. The molecule has 0 aromatic rings. The van der Waals surface area contributed by atoms with Crippen molar-refractivity contribution in [3.8, 4) is 0 Å². The zero-order valence-electron chi connectivity index (χ0n) is 40.9. The van der Waals surface area contributed by atoms with E-state index in [1.807, 2.05) is 0 Å². The van der Waals surface area contributed by atoms with Gasteiger partial charge in [-0.3, -0.25) is 4.79 Å². The third kappa shape index (κ3) is 15.6.